The van der Waals surface area contributed by atoms with Crippen molar-refractivity contribution in [1.82, 2.24) is 19.4 Å². The Balaban J connectivity index is 0.00000150. The number of aromatic amines is 1. The Morgan fingerprint density at radius 2 is 2.14 bits per heavy atom. The van der Waals surface area contributed by atoms with Gasteiger partial charge in [0.05, 0.1) is 11.6 Å². The molecule has 4 rings (SSSR count). The summed E-state index contributed by atoms with van der Waals surface area (Å²) in [4.78, 5) is 34.9. The number of thioether (sulfide) groups is 1. The van der Waals surface area contributed by atoms with Crippen LogP contribution in [0.2, 0.25) is 0 Å². The van der Waals surface area contributed by atoms with Crippen LogP contribution >= 0.6 is 36.6 Å². The van der Waals surface area contributed by atoms with Gasteiger partial charge in [-0.3, -0.25) is 9.59 Å². The molecule has 0 saturated carbocycles. The van der Waals surface area contributed by atoms with Gasteiger partial charge in [0.25, 0.3) is 5.56 Å². The van der Waals surface area contributed by atoms with Gasteiger partial charge < -0.3 is 20.2 Å². The van der Waals surface area contributed by atoms with E-state index in [-0.39, 0.29) is 48.1 Å². The molecule has 2 aliphatic rings. The molecule has 29 heavy (non-hydrogen) atoms. The lowest BCUT2D eigenvalue weighted by atomic mass is 9.82. The van der Waals surface area contributed by atoms with Crippen LogP contribution in [0.1, 0.15) is 24.5 Å². The number of hydrogen-bond acceptors (Lipinski definition) is 5. The molecule has 3 atom stereocenters. The largest absolute Gasteiger partial charge is 0.344 e. The summed E-state index contributed by atoms with van der Waals surface area (Å²) < 4.78 is 1.88. The first-order valence-corrected chi connectivity index (χ1v) is 10.7. The normalized spacial score (nSPS) is 20.8. The average Bonchev–Trinajstić information content (AvgIpc) is 3.20. The quantitative estimate of drug-likeness (QED) is 0.713. The fraction of sp³-hybridized carbons (Fsp3) is 0.526. The van der Waals surface area contributed by atoms with Gasteiger partial charge in [0.2, 0.25) is 5.91 Å². The fourth-order valence-electron chi connectivity index (χ4n) is 4.32. The number of amides is 1. The van der Waals surface area contributed by atoms with Crippen molar-refractivity contribution in [1.29, 1.82) is 0 Å². The zero-order chi connectivity index (χ0) is 19.0. The van der Waals surface area contributed by atoms with Crippen molar-refractivity contribution >= 4 is 42.5 Å². The molecule has 7 nitrogen and oxygen atoms in total. The first-order valence-electron chi connectivity index (χ1n) is 9.35. The van der Waals surface area contributed by atoms with Crippen LogP contribution in [0.4, 0.5) is 0 Å². The number of carbonyl (C=O) groups excluding carboxylic acids is 1. The van der Waals surface area contributed by atoms with Gasteiger partial charge >= 0.3 is 0 Å². The number of hydrogen-bond donors (Lipinski definition) is 2. The van der Waals surface area contributed by atoms with E-state index in [1.807, 2.05) is 27.9 Å². The van der Waals surface area contributed by atoms with Gasteiger partial charge in [0.15, 0.2) is 0 Å². The first kappa shape index (κ1) is 23.8. The molecular formula is C19H27Cl2N5O2S. The Kier molecular flexibility index (Phi) is 8.22. The van der Waals surface area contributed by atoms with E-state index >= 15 is 0 Å². The van der Waals surface area contributed by atoms with Crippen LogP contribution in [0.5, 0.6) is 0 Å². The molecule has 0 aliphatic carbocycles. The van der Waals surface area contributed by atoms with Gasteiger partial charge in [-0.25, -0.2) is 4.98 Å². The Hall–Kier alpha value is -1.48. The van der Waals surface area contributed by atoms with Crippen LogP contribution in [0.3, 0.4) is 0 Å². The fourth-order valence-corrected chi connectivity index (χ4v) is 4.81. The van der Waals surface area contributed by atoms with Gasteiger partial charge in [-0.1, -0.05) is 0 Å². The summed E-state index contributed by atoms with van der Waals surface area (Å²) in [6.07, 6.45) is 7.11. The second-order valence-electron chi connectivity index (χ2n) is 7.46. The van der Waals surface area contributed by atoms with E-state index in [1.165, 1.54) is 0 Å². The number of nitrogens with one attached hydrogen (secondary N) is 1. The van der Waals surface area contributed by atoms with Crippen molar-refractivity contribution in [2.45, 2.75) is 31.3 Å². The summed E-state index contributed by atoms with van der Waals surface area (Å²) in [5, 5.41) is 0. The van der Waals surface area contributed by atoms with Gasteiger partial charge in [0, 0.05) is 43.6 Å². The molecule has 3 N–H and O–H groups in total. The highest BCUT2D eigenvalue weighted by atomic mass is 35.5. The number of piperidine rings is 1. The molecule has 1 saturated heterocycles. The summed E-state index contributed by atoms with van der Waals surface area (Å²) in [5.41, 5.74) is 7.71. The predicted octanol–water partition coefficient (Wildman–Crippen LogP) is 2.11. The van der Waals surface area contributed by atoms with Gasteiger partial charge in [0.1, 0.15) is 5.82 Å². The van der Waals surface area contributed by atoms with E-state index in [9.17, 15) is 9.59 Å². The van der Waals surface area contributed by atoms with E-state index in [4.69, 9.17) is 5.73 Å². The summed E-state index contributed by atoms with van der Waals surface area (Å²) in [6, 6.07) is 3.43. The monoisotopic (exact) mass is 459 g/mol. The highest BCUT2D eigenvalue weighted by molar-refractivity contribution is 7.98. The molecule has 0 aromatic carbocycles. The maximum atomic E-state index is 13.0. The molecule has 160 valence electrons. The van der Waals surface area contributed by atoms with Crippen molar-refractivity contribution in [3.8, 4) is 11.4 Å². The molecule has 0 unspecified atom stereocenters. The van der Waals surface area contributed by atoms with Crippen LogP contribution in [0.15, 0.2) is 29.3 Å². The molecule has 4 heterocycles. The van der Waals surface area contributed by atoms with Crippen LogP contribution in [0, 0.1) is 5.92 Å². The number of aromatic nitrogens is 3. The molecule has 10 heteroatoms. The molecular weight excluding hydrogens is 433 g/mol. The third-order valence-electron chi connectivity index (χ3n) is 5.62. The summed E-state index contributed by atoms with van der Waals surface area (Å²) in [6.45, 7) is 1.96. The van der Waals surface area contributed by atoms with Crippen molar-refractivity contribution < 1.29 is 4.79 Å². The average molecular weight is 460 g/mol. The van der Waals surface area contributed by atoms with Crippen molar-refractivity contribution in [3.63, 3.8) is 0 Å². The number of carbonyl (C=O) groups is 1. The Labute approximate surface area is 186 Å². The number of H-pyrrole nitrogens is 1. The van der Waals surface area contributed by atoms with Crippen molar-refractivity contribution in [3.05, 3.63) is 40.6 Å². The van der Waals surface area contributed by atoms with Crippen LogP contribution < -0.4 is 11.3 Å². The second kappa shape index (κ2) is 10.0. The third kappa shape index (κ3) is 4.66. The van der Waals surface area contributed by atoms with E-state index in [1.54, 1.807) is 24.2 Å². The molecule has 2 bridgehead atoms. The van der Waals surface area contributed by atoms with Gasteiger partial charge in [-0.15, -0.1) is 24.8 Å². The number of rotatable bonds is 5. The van der Waals surface area contributed by atoms with E-state index in [0.29, 0.717) is 37.4 Å². The lowest BCUT2D eigenvalue weighted by Crippen LogP contribution is -2.53. The van der Waals surface area contributed by atoms with Crippen molar-refractivity contribution in [2.24, 2.45) is 11.7 Å². The number of nitrogens with zero attached hydrogens (tertiary/aromatic N) is 3. The van der Waals surface area contributed by atoms with Crippen LogP contribution in [-0.4, -0.2) is 56.5 Å². The van der Waals surface area contributed by atoms with Gasteiger partial charge in [-0.05, 0) is 42.9 Å². The van der Waals surface area contributed by atoms with E-state index < -0.39 is 6.04 Å². The van der Waals surface area contributed by atoms with Crippen LogP contribution in [-0.2, 0) is 11.3 Å². The standard InChI is InChI=1S/C19H25N5O2S.2ClH/c1-27-7-4-15(20)19(26)23-9-12-8-13(11-23)16-3-2-14(17-21-5-6-22-17)18(25)24(16)10-12;;/h2-3,5-6,12-13,15H,4,7-11,20H2,1H3,(H,21,22);2*1H/t12-,13+,15+;;/m0../s1. The molecule has 1 amide bonds. The molecule has 2 aliphatic heterocycles. The Bertz CT molecular complexity index is 889. The Morgan fingerprint density at radius 3 is 2.83 bits per heavy atom. The maximum Gasteiger partial charge on any atom is 0.261 e. The molecule has 0 spiro atoms. The number of imidazole rings is 1. The minimum absolute atomic E-state index is 0. The minimum atomic E-state index is -0.431. The van der Waals surface area contributed by atoms with E-state index in [2.05, 4.69) is 9.97 Å². The third-order valence-corrected chi connectivity index (χ3v) is 6.26. The zero-order valence-corrected chi connectivity index (χ0v) is 18.7. The number of likely N-dealkylation sites (tertiary alicyclic amines) is 1. The first-order chi connectivity index (χ1) is 13.1. The number of nitrogens with two attached hydrogens (primary N) is 1. The molecule has 2 aromatic heterocycles. The zero-order valence-electron chi connectivity index (χ0n) is 16.2. The lowest BCUT2D eigenvalue weighted by Gasteiger charge is -2.43. The molecule has 1 fully saturated rings. The molecule has 0 radical (unpaired) electrons. The van der Waals surface area contributed by atoms with Gasteiger partial charge in [-0.2, -0.15) is 11.8 Å². The summed E-state index contributed by atoms with van der Waals surface area (Å²) >= 11 is 1.71. The number of pyridine rings is 1. The predicted molar refractivity (Wildman–Crippen MR) is 121 cm³/mol. The lowest BCUT2D eigenvalue weighted by molar-refractivity contribution is -0.135. The second-order valence-corrected chi connectivity index (χ2v) is 8.44. The number of halogens is 2. The van der Waals surface area contributed by atoms with Crippen molar-refractivity contribution in [2.75, 3.05) is 25.1 Å². The number of fused-ring (bicyclic) bond motifs is 4. The summed E-state index contributed by atoms with van der Waals surface area (Å²) in [5.74, 6) is 2.01. The van der Waals surface area contributed by atoms with E-state index in [0.717, 1.165) is 17.9 Å². The Morgan fingerprint density at radius 1 is 1.34 bits per heavy atom. The smallest absolute Gasteiger partial charge is 0.261 e. The van der Waals surface area contributed by atoms with Crippen LogP contribution in [0.25, 0.3) is 11.4 Å². The maximum absolute atomic E-state index is 13.0. The summed E-state index contributed by atoms with van der Waals surface area (Å²) in [7, 11) is 0. The molecule has 2 aromatic rings. The highest BCUT2D eigenvalue weighted by Gasteiger charge is 2.37. The topological polar surface area (TPSA) is 97.0 Å². The highest BCUT2D eigenvalue weighted by Crippen LogP contribution is 2.35. The SMILES string of the molecule is CSCC[C@@H](N)C(=O)N1C[C@@H]2C[C@H](C1)c1ccc(-c3ncc[nH]3)c(=O)n1C2.Cl.Cl. The minimum Gasteiger partial charge on any atom is -0.344 e.